The maximum absolute atomic E-state index is 5.72. The molecule has 11 heavy (non-hydrogen) atoms. The molecule has 1 fully saturated rings. The standard InChI is InChI=1S/C8H8ClN.ClH/c9-7-3-1-6(2-4-7)8-5-10-8;/h1-4,8,10H,5H2;1H/t8-;/m1./s1. The second kappa shape index (κ2) is 3.44. The molecule has 0 saturated carbocycles. The van der Waals surface area contributed by atoms with Gasteiger partial charge in [-0.25, -0.2) is 0 Å². The van der Waals surface area contributed by atoms with Crippen LogP contribution in [0.4, 0.5) is 0 Å². The molecule has 1 N–H and O–H groups in total. The van der Waals surface area contributed by atoms with E-state index in [0.29, 0.717) is 6.04 Å². The van der Waals surface area contributed by atoms with Gasteiger partial charge in [0.15, 0.2) is 0 Å². The summed E-state index contributed by atoms with van der Waals surface area (Å²) in [6.07, 6.45) is 0. The zero-order chi connectivity index (χ0) is 6.97. The predicted octanol–water partition coefficient (Wildman–Crippen LogP) is 2.41. The van der Waals surface area contributed by atoms with Gasteiger partial charge in [0.05, 0.1) is 0 Å². The van der Waals surface area contributed by atoms with E-state index in [1.54, 1.807) is 0 Å². The molecule has 3 heteroatoms. The van der Waals surface area contributed by atoms with Gasteiger partial charge in [-0.15, -0.1) is 12.4 Å². The molecule has 60 valence electrons. The monoisotopic (exact) mass is 189 g/mol. The number of rotatable bonds is 1. The molecule has 1 aromatic rings. The van der Waals surface area contributed by atoms with E-state index in [1.165, 1.54) is 5.56 Å². The molecule has 1 saturated heterocycles. The number of hydrogen-bond acceptors (Lipinski definition) is 1. The molecule has 1 aliphatic heterocycles. The lowest BCUT2D eigenvalue weighted by atomic mass is 10.2. The molecule has 0 aromatic heterocycles. The second-order valence-electron chi connectivity index (χ2n) is 2.51. The average molecular weight is 190 g/mol. The molecule has 0 aliphatic carbocycles. The van der Waals surface area contributed by atoms with E-state index in [1.807, 2.05) is 12.1 Å². The minimum Gasteiger partial charge on any atom is -0.307 e. The third kappa shape index (κ3) is 2.09. The van der Waals surface area contributed by atoms with Gasteiger partial charge in [0.25, 0.3) is 0 Å². The van der Waals surface area contributed by atoms with E-state index in [4.69, 9.17) is 11.6 Å². The number of halogens is 2. The van der Waals surface area contributed by atoms with Gasteiger partial charge in [-0.3, -0.25) is 0 Å². The Labute approximate surface area is 77.2 Å². The van der Waals surface area contributed by atoms with Gasteiger partial charge in [0.2, 0.25) is 0 Å². The van der Waals surface area contributed by atoms with Gasteiger partial charge in [0, 0.05) is 17.6 Å². The maximum Gasteiger partial charge on any atom is 0.0447 e. The molecule has 1 aliphatic rings. The summed E-state index contributed by atoms with van der Waals surface area (Å²) >= 11 is 5.72. The van der Waals surface area contributed by atoms with Gasteiger partial charge in [-0.05, 0) is 17.7 Å². The summed E-state index contributed by atoms with van der Waals surface area (Å²) in [6, 6.07) is 8.57. The van der Waals surface area contributed by atoms with Crippen molar-refractivity contribution in [1.82, 2.24) is 5.32 Å². The number of nitrogens with one attached hydrogen (secondary N) is 1. The smallest absolute Gasteiger partial charge is 0.0447 e. The topological polar surface area (TPSA) is 21.9 Å². The minimum absolute atomic E-state index is 0. The third-order valence-corrected chi connectivity index (χ3v) is 1.93. The molecule has 2 rings (SSSR count). The second-order valence-corrected chi connectivity index (χ2v) is 2.95. The Morgan fingerprint density at radius 2 is 1.82 bits per heavy atom. The van der Waals surface area contributed by atoms with Crippen LogP contribution in [0.25, 0.3) is 0 Å². The summed E-state index contributed by atoms with van der Waals surface area (Å²) in [5.74, 6) is 0. The predicted molar refractivity (Wildman–Crippen MR) is 49.4 cm³/mol. The quantitative estimate of drug-likeness (QED) is 0.674. The molecule has 0 unspecified atom stereocenters. The van der Waals surface area contributed by atoms with Crippen molar-refractivity contribution in [2.24, 2.45) is 0 Å². The lowest BCUT2D eigenvalue weighted by Crippen LogP contribution is -1.81. The summed E-state index contributed by atoms with van der Waals surface area (Å²) in [6.45, 7) is 1.11. The zero-order valence-electron chi connectivity index (χ0n) is 5.88. The Kier molecular flexibility index (Phi) is 2.77. The normalized spacial score (nSPS) is 20.6. The van der Waals surface area contributed by atoms with E-state index in [-0.39, 0.29) is 12.4 Å². The van der Waals surface area contributed by atoms with Gasteiger partial charge in [-0.2, -0.15) is 0 Å². The summed E-state index contributed by atoms with van der Waals surface area (Å²) in [7, 11) is 0. The maximum atomic E-state index is 5.72. The highest BCUT2D eigenvalue weighted by Crippen LogP contribution is 2.22. The summed E-state index contributed by atoms with van der Waals surface area (Å²) in [4.78, 5) is 0. The van der Waals surface area contributed by atoms with Crippen LogP contribution in [0.15, 0.2) is 24.3 Å². The highest BCUT2D eigenvalue weighted by Gasteiger charge is 2.21. The Hall–Kier alpha value is -0.240. The molecular weight excluding hydrogens is 181 g/mol. The van der Waals surface area contributed by atoms with E-state index >= 15 is 0 Å². The van der Waals surface area contributed by atoms with E-state index in [0.717, 1.165) is 11.6 Å². The van der Waals surface area contributed by atoms with Crippen molar-refractivity contribution < 1.29 is 0 Å². The Balaban J connectivity index is 0.000000605. The fourth-order valence-electron chi connectivity index (χ4n) is 0.990. The molecule has 1 aromatic carbocycles. The zero-order valence-corrected chi connectivity index (χ0v) is 7.45. The van der Waals surface area contributed by atoms with Gasteiger partial charge >= 0.3 is 0 Å². The van der Waals surface area contributed by atoms with Crippen LogP contribution in [-0.2, 0) is 0 Å². The fraction of sp³-hybridized carbons (Fsp3) is 0.250. The lowest BCUT2D eigenvalue weighted by Gasteiger charge is -1.94. The van der Waals surface area contributed by atoms with Crippen molar-refractivity contribution in [1.29, 1.82) is 0 Å². The van der Waals surface area contributed by atoms with Crippen molar-refractivity contribution in [3.63, 3.8) is 0 Å². The Morgan fingerprint density at radius 1 is 1.27 bits per heavy atom. The van der Waals surface area contributed by atoms with Crippen LogP contribution in [0.2, 0.25) is 5.02 Å². The SMILES string of the molecule is Cl.Clc1ccc([C@H]2CN2)cc1. The molecule has 0 spiro atoms. The third-order valence-electron chi connectivity index (χ3n) is 1.68. The van der Waals surface area contributed by atoms with E-state index in [2.05, 4.69) is 17.4 Å². The van der Waals surface area contributed by atoms with Crippen LogP contribution in [0.5, 0.6) is 0 Å². The molecule has 0 bridgehead atoms. The van der Waals surface area contributed by atoms with Gasteiger partial charge < -0.3 is 5.32 Å². The fourth-order valence-corrected chi connectivity index (χ4v) is 1.12. The van der Waals surface area contributed by atoms with Crippen LogP contribution in [0, 0.1) is 0 Å². The van der Waals surface area contributed by atoms with Crippen molar-refractivity contribution in [2.45, 2.75) is 6.04 Å². The van der Waals surface area contributed by atoms with Crippen LogP contribution in [-0.4, -0.2) is 6.54 Å². The molecule has 1 atom stereocenters. The lowest BCUT2D eigenvalue weighted by molar-refractivity contribution is 1.08. The molecule has 1 nitrogen and oxygen atoms in total. The van der Waals surface area contributed by atoms with Crippen molar-refractivity contribution >= 4 is 24.0 Å². The number of benzene rings is 1. The van der Waals surface area contributed by atoms with Crippen LogP contribution < -0.4 is 5.32 Å². The number of hydrogen-bond donors (Lipinski definition) is 1. The largest absolute Gasteiger partial charge is 0.307 e. The van der Waals surface area contributed by atoms with E-state index < -0.39 is 0 Å². The first-order chi connectivity index (χ1) is 4.86. The molecular formula is C8H9Cl2N. The minimum atomic E-state index is 0. The van der Waals surface area contributed by atoms with Crippen LogP contribution in [0.1, 0.15) is 11.6 Å². The first-order valence-electron chi connectivity index (χ1n) is 3.35. The Bertz CT molecular complexity index is 228. The van der Waals surface area contributed by atoms with Crippen molar-refractivity contribution in [3.05, 3.63) is 34.9 Å². The van der Waals surface area contributed by atoms with Gasteiger partial charge in [-0.1, -0.05) is 23.7 Å². The highest BCUT2D eigenvalue weighted by molar-refractivity contribution is 6.30. The average Bonchev–Trinajstić information content (AvgIpc) is 2.71. The van der Waals surface area contributed by atoms with Crippen molar-refractivity contribution in [3.8, 4) is 0 Å². The first kappa shape index (κ1) is 8.85. The molecule has 0 radical (unpaired) electrons. The van der Waals surface area contributed by atoms with Crippen LogP contribution in [0.3, 0.4) is 0 Å². The first-order valence-corrected chi connectivity index (χ1v) is 3.73. The molecule has 0 amide bonds. The summed E-state index contributed by atoms with van der Waals surface area (Å²) in [5, 5.41) is 4.04. The Morgan fingerprint density at radius 3 is 2.27 bits per heavy atom. The van der Waals surface area contributed by atoms with E-state index in [9.17, 15) is 0 Å². The van der Waals surface area contributed by atoms with Crippen molar-refractivity contribution in [2.75, 3.05) is 6.54 Å². The van der Waals surface area contributed by atoms with Gasteiger partial charge in [0.1, 0.15) is 0 Å². The summed E-state index contributed by atoms with van der Waals surface area (Å²) < 4.78 is 0. The van der Waals surface area contributed by atoms with Crippen LogP contribution >= 0.6 is 24.0 Å². The summed E-state index contributed by atoms with van der Waals surface area (Å²) in [5.41, 5.74) is 1.34. The highest BCUT2D eigenvalue weighted by atomic mass is 35.5. The molecule has 1 heterocycles.